The Hall–Kier alpha value is -1.32. The van der Waals surface area contributed by atoms with E-state index in [0.29, 0.717) is 5.69 Å². The summed E-state index contributed by atoms with van der Waals surface area (Å²) in [5.41, 5.74) is 0.374. The van der Waals surface area contributed by atoms with Gasteiger partial charge in [-0.05, 0) is 54.9 Å². The molecule has 0 spiro atoms. The van der Waals surface area contributed by atoms with Gasteiger partial charge in [-0.2, -0.15) is 5.26 Å². The van der Waals surface area contributed by atoms with Crippen molar-refractivity contribution < 1.29 is 9.90 Å². The second-order valence-electron chi connectivity index (χ2n) is 4.44. The van der Waals surface area contributed by atoms with E-state index in [9.17, 15) is 9.90 Å². The van der Waals surface area contributed by atoms with Gasteiger partial charge in [0.05, 0.1) is 5.69 Å². The third kappa shape index (κ3) is 3.62. The number of carbonyl (C=O) groups excluding carboxylic acids is 1. The van der Waals surface area contributed by atoms with Gasteiger partial charge >= 0.3 is 0 Å². The number of aliphatic hydroxyl groups excluding tert-OH is 1. The maximum atomic E-state index is 12.5. The van der Waals surface area contributed by atoms with Crippen molar-refractivity contribution in [2.45, 2.75) is 26.8 Å². The molecular formula is C14H14Br2N2O2. The molecule has 0 saturated heterocycles. The Labute approximate surface area is 135 Å². The Morgan fingerprint density at radius 3 is 2.45 bits per heavy atom. The normalized spacial score (nSPS) is 11.8. The van der Waals surface area contributed by atoms with E-state index in [1.54, 1.807) is 12.1 Å². The molecule has 0 aromatic heterocycles. The van der Waals surface area contributed by atoms with Crippen LogP contribution in [0.1, 0.15) is 20.8 Å². The van der Waals surface area contributed by atoms with Crippen LogP contribution in [0.25, 0.3) is 0 Å². The summed E-state index contributed by atoms with van der Waals surface area (Å²) in [5.74, 6) is -0.810. The number of allylic oxidation sites excluding steroid dienone is 1. The number of benzene rings is 1. The Kier molecular flexibility index (Phi) is 5.78. The molecule has 0 aliphatic heterocycles. The van der Waals surface area contributed by atoms with Crippen LogP contribution in [0.15, 0.2) is 38.5 Å². The summed E-state index contributed by atoms with van der Waals surface area (Å²) in [7, 11) is 0. The van der Waals surface area contributed by atoms with Crippen molar-refractivity contribution >= 4 is 43.5 Å². The molecule has 0 fully saturated rings. The van der Waals surface area contributed by atoms with E-state index in [-0.39, 0.29) is 17.4 Å². The van der Waals surface area contributed by atoms with Gasteiger partial charge in [-0.3, -0.25) is 4.79 Å². The SMILES string of the molecule is C/C(O)=C(\C#N)C(=O)N(c1cc(Br)ccc1Br)C(C)C. The Morgan fingerprint density at radius 2 is 2.00 bits per heavy atom. The van der Waals surface area contributed by atoms with Gasteiger partial charge in [-0.15, -0.1) is 0 Å². The highest BCUT2D eigenvalue weighted by atomic mass is 79.9. The molecule has 0 aliphatic carbocycles. The standard InChI is InChI=1S/C14H14Br2N2O2/c1-8(2)18(14(20)11(7-17)9(3)19)13-6-10(15)4-5-12(13)16/h4-6,8,19H,1-3H3/b11-9-. The first-order valence-corrected chi connectivity index (χ1v) is 7.46. The first-order chi connectivity index (χ1) is 9.29. The number of hydrogen-bond donors (Lipinski definition) is 1. The highest BCUT2D eigenvalue weighted by molar-refractivity contribution is 9.11. The molecule has 6 heteroatoms. The van der Waals surface area contributed by atoms with Crippen LogP contribution >= 0.6 is 31.9 Å². The van der Waals surface area contributed by atoms with E-state index in [2.05, 4.69) is 31.9 Å². The zero-order valence-electron chi connectivity index (χ0n) is 11.3. The quantitative estimate of drug-likeness (QED) is 0.466. The lowest BCUT2D eigenvalue weighted by Crippen LogP contribution is -2.38. The van der Waals surface area contributed by atoms with Crippen LogP contribution in [0.5, 0.6) is 0 Å². The lowest BCUT2D eigenvalue weighted by Gasteiger charge is -2.28. The average Bonchev–Trinajstić information content (AvgIpc) is 2.33. The molecule has 0 unspecified atom stereocenters. The third-order valence-corrected chi connectivity index (χ3v) is 3.75. The van der Waals surface area contributed by atoms with Gasteiger partial charge < -0.3 is 10.0 Å². The number of anilines is 1. The van der Waals surface area contributed by atoms with Crippen LogP contribution in [0.4, 0.5) is 5.69 Å². The second kappa shape index (κ2) is 6.91. The topological polar surface area (TPSA) is 64.3 Å². The van der Waals surface area contributed by atoms with E-state index in [1.165, 1.54) is 11.8 Å². The average molecular weight is 402 g/mol. The van der Waals surface area contributed by atoms with Crippen molar-refractivity contribution in [2.75, 3.05) is 4.90 Å². The van der Waals surface area contributed by atoms with E-state index in [1.807, 2.05) is 26.0 Å². The molecule has 1 aromatic rings. The fourth-order valence-electron chi connectivity index (χ4n) is 1.70. The number of amides is 1. The monoisotopic (exact) mass is 400 g/mol. The van der Waals surface area contributed by atoms with Gasteiger partial charge in [-0.1, -0.05) is 15.9 Å². The number of nitriles is 1. The molecule has 0 heterocycles. The maximum absolute atomic E-state index is 12.5. The van der Waals surface area contributed by atoms with Crippen molar-refractivity contribution in [1.29, 1.82) is 5.26 Å². The molecule has 1 aromatic carbocycles. The molecule has 0 radical (unpaired) electrons. The molecule has 1 N–H and O–H groups in total. The number of hydrogen-bond acceptors (Lipinski definition) is 3. The number of rotatable bonds is 3. The van der Waals surface area contributed by atoms with Crippen molar-refractivity contribution in [1.82, 2.24) is 0 Å². The summed E-state index contributed by atoms with van der Waals surface area (Å²) < 4.78 is 1.55. The third-order valence-electron chi connectivity index (χ3n) is 2.59. The van der Waals surface area contributed by atoms with E-state index in [4.69, 9.17) is 5.26 Å². The molecule has 4 nitrogen and oxygen atoms in total. The second-order valence-corrected chi connectivity index (χ2v) is 6.21. The van der Waals surface area contributed by atoms with Gasteiger partial charge in [0.15, 0.2) is 5.57 Å². The predicted molar refractivity (Wildman–Crippen MR) is 85.4 cm³/mol. The fraction of sp³-hybridized carbons (Fsp3) is 0.286. The van der Waals surface area contributed by atoms with Gasteiger partial charge in [0.2, 0.25) is 0 Å². The van der Waals surface area contributed by atoms with Crippen LogP contribution < -0.4 is 4.90 Å². The van der Waals surface area contributed by atoms with Gasteiger partial charge in [0.25, 0.3) is 5.91 Å². The summed E-state index contributed by atoms with van der Waals surface area (Å²) in [6.07, 6.45) is 0. The number of nitrogens with zero attached hydrogens (tertiary/aromatic N) is 2. The van der Waals surface area contributed by atoms with Crippen LogP contribution in [-0.2, 0) is 4.79 Å². The van der Waals surface area contributed by atoms with Gasteiger partial charge in [-0.25, -0.2) is 0 Å². The minimum atomic E-state index is -0.527. The van der Waals surface area contributed by atoms with Crippen LogP contribution in [0.3, 0.4) is 0 Å². The molecule has 0 saturated carbocycles. The highest BCUT2D eigenvalue weighted by Crippen LogP contribution is 2.32. The highest BCUT2D eigenvalue weighted by Gasteiger charge is 2.26. The Morgan fingerprint density at radius 1 is 1.40 bits per heavy atom. The molecule has 20 heavy (non-hydrogen) atoms. The zero-order valence-corrected chi connectivity index (χ0v) is 14.5. The summed E-state index contributed by atoms with van der Waals surface area (Å²) in [6, 6.07) is 7.01. The van der Waals surface area contributed by atoms with Crippen molar-refractivity contribution in [3.8, 4) is 6.07 Å². The molecule has 0 aliphatic rings. The Bertz CT molecular complexity index is 600. The van der Waals surface area contributed by atoms with Crippen LogP contribution in [0, 0.1) is 11.3 Å². The van der Waals surface area contributed by atoms with Crippen LogP contribution in [-0.4, -0.2) is 17.1 Å². The maximum Gasteiger partial charge on any atom is 0.272 e. The van der Waals surface area contributed by atoms with Crippen molar-refractivity contribution in [3.05, 3.63) is 38.5 Å². The summed E-state index contributed by atoms with van der Waals surface area (Å²) in [5, 5.41) is 18.5. The number of carbonyl (C=O) groups is 1. The minimum absolute atomic E-state index is 0.171. The fourth-order valence-corrected chi connectivity index (χ4v) is 2.48. The molecule has 106 valence electrons. The molecule has 1 rings (SSSR count). The van der Waals surface area contributed by atoms with E-state index in [0.717, 1.165) is 8.95 Å². The first kappa shape index (κ1) is 16.7. The molecular weight excluding hydrogens is 388 g/mol. The smallest absolute Gasteiger partial charge is 0.272 e. The zero-order chi connectivity index (χ0) is 15.4. The number of halogens is 2. The summed E-state index contributed by atoms with van der Waals surface area (Å²) >= 11 is 6.76. The van der Waals surface area contributed by atoms with Crippen molar-refractivity contribution in [2.24, 2.45) is 0 Å². The van der Waals surface area contributed by atoms with Crippen LogP contribution in [0.2, 0.25) is 0 Å². The van der Waals surface area contributed by atoms with Crippen molar-refractivity contribution in [3.63, 3.8) is 0 Å². The lowest BCUT2D eigenvalue weighted by molar-refractivity contribution is -0.115. The minimum Gasteiger partial charge on any atom is -0.511 e. The number of aliphatic hydroxyl groups is 1. The first-order valence-electron chi connectivity index (χ1n) is 5.88. The lowest BCUT2D eigenvalue weighted by atomic mass is 10.1. The summed E-state index contributed by atoms with van der Waals surface area (Å²) in [6.45, 7) is 5.00. The predicted octanol–water partition coefficient (Wildman–Crippen LogP) is 4.31. The molecule has 1 amide bonds. The summed E-state index contributed by atoms with van der Waals surface area (Å²) in [4.78, 5) is 13.9. The van der Waals surface area contributed by atoms with Gasteiger partial charge in [0.1, 0.15) is 11.8 Å². The molecule has 0 atom stereocenters. The van der Waals surface area contributed by atoms with E-state index < -0.39 is 5.91 Å². The molecule has 0 bridgehead atoms. The van der Waals surface area contributed by atoms with Gasteiger partial charge in [0, 0.05) is 15.0 Å². The Balaban J connectivity index is 3.40. The van der Waals surface area contributed by atoms with E-state index >= 15 is 0 Å². The largest absolute Gasteiger partial charge is 0.511 e.